The molecule has 3 aliphatic carbocycles. The van der Waals surface area contributed by atoms with Crippen LogP contribution in [0.4, 0.5) is 0 Å². The lowest BCUT2D eigenvalue weighted by Crippen LogP contribution is -2.74. The average Bonchev–Trinajstić information content (AvgIpc) is 3.35. The number of phenolic OH excluding ortho intramolecular Hbond substituents is 1. The number of carbonyl (C=O) groups is 3. The molecule has 1 spiro atoms. The van der Waals surface area contributed by atoms with Gasteiger partial charge in [-0.1, -0.05) is 18.2 Å². The number of hydrogen-bond donors (Lipinski definition) is 4. The number of Topliss-reactive ketones (excluding diaryl/α,β-unsaturated/α-hetero) is 1. The second-order valence-corrected chi connectivity index (χ2v) is 12.2. The third kappa shape index (κ3) is 2.46. The monoisotopic (exact) mass is 582 g/mol. The number of phenols is 1. The first-order chi connectivity index (χ1) is 20.3. The van der Waals surface area contributed by atoms with E-state index in [9.17, 15) is 34.8 Å². The summed E-state index contributed by atoms with van der Waals surface area (Å²) in [7, 11) is 1.39. The van der Waals surface area contributed by atoms with E-state index >= 15 is 0 Å². The van der Waals surface area contributed by atoms with Gasteiger partial charge in [-0.2, -0.15) is 0 Å². The van der Waals surface area contributed by atoms with Gasteiger partial charge in [0.05, 0.1) is 35.5 Å². The molecule has 0 aromatic heterocycles. The predicted octanol–water partition coefficient (Wildman–Crippen LogP) is 3.12. The Morgan fingerprint density at radius 1 is 0.930 bits per heavy atom. The second-order valence-electron chi connectivity index (χ2n) is 12.2. The summed E-state index contributed by atoms with van der Waals surface area (Å²) in [6.45, 7) is 4.62. The summed E-state index contributed by atoms with van der Waals surface area (Å²) in [6, 6.07) is 10.5. The third-order valence-corrected chi connectivity index (χ3v) is 10.1. The van der Waals surface area contributed by atoms with E-state index < -0.39 is 58.0 Å². The molecular weight excluding hydrogens is 556 g/mol. The van der Waals surface area contributed by atoms with Crippen molar-refractivity contribution in [3.05, 3.63) is 92.5 Å². The van der Waals surface area contributed by atoms with Gasteiger partial charge in [-0.05, 0) is 50.6 Å². The van der Waals surface area contributed by atoms with Gasteiger partial charge in [-0.3, -0.25) is 14.4 Å². The number of benzene rings is 3. The summed E-state index contributed by atoms with van der Waals surface area (Å²) in [5, 5.41) is 47.2. The van der Waals surface area contributed by atoms with Gasteiger partial charge >= 0.3 is 0 Å². The molecule has 10 nitrogen and oxygen atoms in total. The standard InChI is InChI=1S/C33H26O10/c1-13-10-16-22(21(11-13)41-4)27(37)23-15(26(16)36)8-9-18-29(23)43-33-17-6-5-7-19(34)24(17)28(38)25-20(35)12-30(3,39)32(40,14(2)42-33)31(18,25)33/h5-11,14,34,38-40H,12H2,1-4H3. The topological polar surface area (TPSA) is 160 Å². The molecule has 1 saturated carbocycles. The quantitative estimate of drug-likeness (QED) is 0.263. The predicted molar refractivity (Wildman–Crippen MR) is 148 cm³/mol. The number of methoxy groups -OCH3 is 1. The number of ether oxygens (including phenoxy) is 3. The number of aliphatic hydroxyl groups excluding tert-OH is 1. The Hall–Kier alpha value is -4.51. The van der Waals surface area contributed by atoms with Gasteiger partial charge < -0.3 is 34.6 Å². The number of carbonyl (C=O) groups excluding carboxylic acids is 3. The molecule has 10 heteroatoms. The van der Waals surface area contributed by atoms with Crippen LogP contribution in [0.1, 0.15) is 74.4 Å². The Labute approximate surface area is 244 Å². The van der Waals surface area contributed by atoms with Crippen LogP contribution in [0.25, 0.3) is 5.76 Å². The third-order valence-electron chi connectivity index (χ3n) is 10.1. The molecule has 43 heavy (non-hydrogen) atoms. The molecule has 8 rings (SSSR count). The molecule has 3 aromatic rings. The first kappa shape index (κ1) is 26.1. The molecule has 0 amide bonds. The molecule has 1 saturated heterocycles. The lowest BCUT2D eigenvalue weighted by Gasteiger charge is -2.56. The molecule has 0 radical (unpaired) electrons. The van der Waals surface area contributed by atoms with Crippen LogP contribution in [0.15, 0.2) is 48.0 Å². The van der Waals surface area contributed by atoms with Crippen molar-refractivity contribution in [1.29, 1.82) is 0 Å². The number of rotatable bonds is 1. The lowest BCUT2D eigenvalue weighted by molar-refractivity contribution is -0.199. The average molecular weight is 583 g/mol. The maximum Gasteiger partial charge on any atom is 0.255 e. The maximum absolute atomic E-state index is 14.3. The van der Waals surface area contributed by atoms with Crippen molar-refractivity contribution in [2.75, 3.05) is 7.11 Å². The SMILES string of the molecule is COc1cc(C)cc2c1C(=O)c1c(ccc3c1OC14OC(C)C5(O)C(C)(O)CC(=O)C(=C(O)c6c(O)cccc61)C345)C2=O. The Balaban J connectivity index is 1.54. The number of aliphatic hydroxyl groups is 3. The summed E-state index contributed by atoms with van der Waals surface area (Å²) >= 11 is 0. The van der Waals surface area contributed by atoms with Crippen LogP contribution in [0, 0.1) is 6.92 Å². The minimum Gasteiger partial charge on any atom is -0.507 e. The van der Waals surface area contributed by atoms with E-state index in [4.69, 9.17) is 14.2 Å². The summed E-state index contributed by atoms with van der Waals surface area (Å²) in [4.78, 5) is 42.2. The highest BCUT2D eigenvalue weighted by molar-refractivity contribution is 6.30. The van der Waals surface area contributed by atoms with Gasteiger partial charge in [0.15, 0.2) is 11.6 Å². The van der Waals surface area contributed by atoms with Gasteiger partial charge in [-0.15, -0.1) is 0 Å². The van der Waals surface area contributed by atoms with Crippen LogP contribution in [0.3, 0.4) is 0 Å². The van der Waals surface area contributed by atoms with E-state index in [0.29, 0.717) is 5.56 Å². The van der Waals surface area contributed by atoms with Gasteiger partial charge in [0, 0.05) is 28.7 Å². The molecule has 2 fully saturated rings. The van der Waals surface area contributed by atoms with Crippen LogP contribution in [0.2, 0.25) is 0 Å². The van der Waals surface area contributed by atoms with Crippen molar-refractivity contribution in [3.63, 3.8) is 0 Å². The molecule has 5 aliphatic rings. The second kappa shape index (κ2) is 7.52. The van der Waals surface area contributed by atoms with Crippen LogP contribution in [-0.4, -0.2) is 62.2 Å². The smallest absolute Gasteiger partial charge is 0.255 e. The summed E-state index contributed by atoms with van der Waals surface area (Å²) in [5.41, 5.74) is -5.97. The molecular formula is C33H26O10. The van der Waals surface area contributed by atoms with E-state index in [1.165, 1.54) is 51.3 Å². The normalized spacial score (nSPS) is 32.8. The largest absolute Gasteiger partial charge is 0.507 e. The molecule has 5 atom stereocenters. The van der Waals surface area contributed by atoms with Gasteiger partial charge in [-0.25, -0.2) is 0 Å². The van der Waals surface area contributed by atoms with Crippen molar-refractivity contribution in [2.24, 2.45) is 0 Å². The molecule has 3 aromatic carbocycles. The zero-order valence-corrected chi connectivity index (χ0v) is 23.6. The fourth-order valence-electron chi connectivity index (χ4n) is 8.50. The highest BCUT2D eigenvalue weighted by atomic mass is 16.7. The number of hydrogen-bond acceptors (Lipinski definition) is 10. The molecule has 218 valence electrons. The molecule has 5 unspecified atom stereocenters. The van der Waals surface area contributed by atoms with Crippen molar-refractivity contribution >= 4 is 23.1 Å². The van der Waals surface area contributed by atoms with Crippen molar-refractivity contribution in [3.8, 4) is 17.2 Å². The molecule has 2 heterocycles. The minimum atomic E-state index is -2.30. The van der Waals surface area contributed by atoms with Gasteiger partial charge in [0.1, 0.15) is 39.6 Å². The van der Waals surface area contributed by atoms with Crippen LogP contribution in [-0.2, 0) is 20.7 Å². The molecule has 2 aliphatic heterocycles. The summed E-state index contributed by atoms with van der Waals surface area (Å²) in [6.07, 6.45) is -1.75. The molecule has 0 bridgehead atoms. The van der Waals surface area contributed by atoms with E-state index in [1.54, 1.807) is 19.1 Å². The fraction of sp³-hybridized carbons (Fsp3) is 0.303. The molecule has 4 N–H and O–H groups in total. The maximum atomic E-state index is 14.3. The minimum absolute atomic E-state index is 0.0334. The van der Waals surface area contributed by atoms with Crippen molar-refractivity contribution in [2.45, 2.75) is 55.7 Å². The Bertz CT molecular complexity index is 1950. The number of fused-ring (bicyclic) bond motifs is 5. The zero-order chi connectivity index (χ0) is 30.6. The van der Waals surface area contributed by atoms with Crippen LogP contribution >= 0.6 is 0 Å². The Morgan fingerprint density at radius 2 is 1.67 bits per heavy atom. The van der Waals surface area contributed by atoms with Crippen LogP contribution in [0.5, 0.6) is 17.2 Å². The van der Waals surface area contributed by atoms with E-state index in [0.717, 1.165) is 0 Å². The van der Waals surface area contributed by atoms with Gasteiger partial charge in [0.2, 0.25) is 5.78 Å². The van der Waals surface area contributed by atoms with Crippen LogP contribution < -0.4 is 9.47 Å². The van der Waals surface area contributed by atoms with Gasteiger partial charge in [0.25, 0.3) is 5.79 Å². The summed E-state index contributed by atoms with van der Waals surface area (Å²) in [5.74, 6) is -4.79. The van der Waals surface area contributed by atoms with E-state index in [2.05, 4.69) is 0 Å². The fourth-order valence-corrected chi connectivity index (χ4v) is 8.50. The Morgan fingerprint density at radius 3 is 2.40 bits per heavy atom. The first-order valence-electron chi connectivity index (χ1n) is 13.8. The Kier molecular flexibility index (Phi) is 4.57. The highest BCUT2D eigenvalue weighted by Gasteiger charge is 2.88. The number of aryl methyl sites for hydroxylation is 1. The van der Waals surface area contributed by atoms with Crippen molar-refractivity contribution in [1.82, 2.24) is 0 Å². The van der Waals surface area contributed by atoms with E-state index in [1.807, 2.05) is 0 Å². The zero-order valence-electron chi connectivity index (χ0n) is 23.6. The highest BCUT2D eigenvalue weighted by Crippen LogP contribution is 2.76. The number of aromatic hydroxyl groups is 1. The number of ketones is 3. The summed E-state index contributed by atoms with van der Waals surface area (Å²) < 4.78 is 18.7. The first-order valence-corrected chi connectivity index (χ1v) is 13.8. The lowest BCUT2D eigenvalue weighted by atomic mass is 9.46. The van der Waals surface area contributed by atoms with Crippen molar-refractivity contribution < 1.29 is 49.0 Å². The van der Waals surface area contributed by atoms with E-state index in [-0.39, 0.29) is 61.8 Å².